The quantitative estimate of drug-likeness (QED) is 0.859. The minimum absolute atomic E-state index is 0.0342. The summed E-state index contributed by atoms with van der Waals surface area (Å²) < 4.78 is 11.5. The number of rotatable bonds is 6. The molecular weight excluding hydrogens is 240 g/mol. The van der Waals surface area contributed by atoms with Crippen LogP contribution in [-0.2, 0) is 4.74 Å². The van der Waals surface area contributed by atoms with Crippen LogP contribution >= 0.6 is 0 Å². The molecule has 108 valence electrons. The Kier molecular flexibility index (Phi) is 5.02. The first kappa shape index (κ1) is 14.6. The summed E-state index contributed by atoms with van der Waals surface area (Å²) in [6.45, 7) is 8.96. The first-order valence-electron chi connectivity index (χ1n) is 7.29. The smallest absolute Gasteiger partial charge is 0.122 e. The van der Waals surface area contributed by atoms with Crippen molar-refractivity contribution in [1.82, 2.24) is 4.90 Å². The highest BCUT2D eigenvalue weighted by atomic mass is 16.5. The van der Waals surface area contributed by atoms with E-state index in [4.69, 9.17) is 14.9 Å². The Morgan fingerprint density at radius 2 is 2.26 bits per heavy atom. The predicted octanol–water partition coefficient (Wildman–Crippen LogP) is 2.48. The number of likely N-dealkylation sites (N-methyl/N-ethyl adjacent to an activating group) is 1. The van der Waals surface area contributed by atoms with Gasteiger partial charge in [0.1, 0.15) is 11.5 Å². The SMILES string of the molecule is CCN(CC1CCCO1)C(c1ccc(C)o1)C(C)N. The second-order valence-corrected chi connectivity index (χ2v) is 5.47. The highest BCUT2D eigenvalue weighted by molar-refractivity contribution is 5.12. The Labute approximate surface area is 115 Å². The van der Waals surface area contributed by atoms with Gasteiger partial charge in [-0.1, -0.05) is 6.92 Å². The van der Waals surface area contributed by atoms with Crippen LogP contribution < -0.4 is 5.73 Å². The van der Waals surface area contributed by atoms with Crippen molar-refractivity contribution in [2.24, 2.45) is 5.73 Å². The van der Waals surface area contributed by atoms with Crippen molar-refractivity contribution in [3.63, 3.8) is 0 Å². The fraction of sp³-hybridized carbons (Fsp3) is 0.733. The molecule has 0 spiro atoms. The summed E-state index contributed by atoms with van der Waals surface area (Å²) in [6, 6.07) is 4.21. The molecule has 0 saturated carbocycles. The van der Waals surface area contributed by atoms with Crippen molar-refractivity contribution in [2.75, 3.05) is 19.7 Å². The van der Waals surface area contributed by atoms with Gasteiger partial charge in [-0.2, -0.15) is 0 Å². The van der Waals surface area contributed by atoms with Crippen LogP contribution in [0, 0.1) is 6.92 Å². The van der Waals surface area contributed by atoms with Crippen molar-refractivity contribution >= 4 is 0 Å². The van der Waals surface area contributed by atoms with E-state index in [0.717, 1.165) is 37.6 Å². The molecule has 3 atom stereocenters. The molecule has 1 aliphatic heterocycles. The van der Waals surface area contributed by atoms with Crippen LogP contribution in [0.3, 0.4) is 0 Å². The minimum Gasteiger partial charge on any atom is -0.465 e. The molecule has 4 nitrogen and oxygen atoms in total. The van der Waals surface area contributed by atoms with Gasteiger partial charge in [-0.3, -0.25) is 4.90 Å². The largest absolute Gasteiger partial charge is 0.465 e. The van der Waals surface area contributed by atoms with E-state index in [0.29, 0.717) is 6.10 Å². The van der Waals surface area contributed by atoms with Gasteiger partial charge < -0.3 is 14.9 Å². The lowest BCUT2D eigenvalue weighted by molar-refractivity contribution is 0.0497. The number of furan rings is 1. The van der Waals surface area contributed by atoms with E-state index in [-0.39, 0.29) is 12.1 Å². The second kappa shape index (κ2) is 6.55. The first-order valence-corrected chi connectivity index (χ1v) is 7.29. The highest BCUT2D eigenvalue weighted by Gasteiger charge is 2.29. The maximum absolute atomic E-state index is 6.19. The third-order valence-electron chi connectivity index (χ3n) is 3.81. The molecule has 2 rings (SSSR count). The fourth-order valence-corrected chi connectivity index (χ4v) is 2.87. The third-order valence-corrected chi connectivity index (χ3v) is 3.81. The van der Waals surface area contributed by atoms with Gasteiger partial charge in [0.15, 0.2) is 0 Å². The molecule has 0 radical (unpaired) electrons. The molecule has 2 N–H and O–H groups in total. The Bertz CT molecular complexity index is 383. The Morgan fingerprint density at radius 3 is 2.74 bits per heavy atom. The summed E-state index contributed by atoms with van der Waals surface area (Å²) in [7, 11) is 0. The molecule has 2 heterocycles. The second-order valence-electron chi connectivity index (χ2n) is 5.47. The third kappa shape index (κ3) is 3.59. The van der Waals surface area contributed by atoms with Gasteiger partial charge in [0.25, 0.3) is 0 Å². The van der Waals surface area contributed by atoms with Crippen molar-refractivity contribution < 1.29 is 9.15 Å². The number of nitrogens with zero attached hydrogens (tertiary/aromatic N) is 1. The average molecular weight is 266 g/mol. The zero-order valence-electron chi connectivity index (χ0n) is 12.3. The highest BCUT2D eigenvalue weighted by Crippen LogP contribution is 2.27. The molecular formula is C15H26N2O2. The summed E-state index contributed by atoms with van der Waals surface area (Å²) in [5.74, 6) is 1.90. The van der Waals surface area contributed by atoms with Gasteiger partial charge in [0, 0.05) is 19.2 Å². The van der Waals surface area contributed by atoms with E-state index >= 15 is 0 Å². The normalized spacial score (nSPS) is 22.9. The summed E-state index contributed by atoms with van der Waals surface area (Å²) >= 11 is 0. The van der Waals surface area contributed by atoms with E-state index in [1.54, 1.807) is 0 Å². The zero-order chi connectivity index (χ0) is 13.8. The monoisotopic (exact) mass is 266 g/mol. The van der Waals surface area contributed by atoms with Gasteiger partial charge in [-0.05, 0) is 45.4 Å². The Hall–Kier alpha value is -0.840. The van der Waals surface area contributed by atoms with Gasteiger partial charge in [0.05, 0.1) is 12.1 Å². The molecule has 0 bridgehead atoms. The van der Waals surface area contributed by atoms with E-state index < -0.39 is 0 Å². The zero-order valence-corrected chi connectivity index (χ0v) is 12.3. The average Bonchev–Trinajstić information content (AvgIpc) is 3.00. The molecule has 1 fully saturated rings. The van der Waals surface area contributed by atoms with Crippen molar-refractivity contribution in [3.05, 3.63) is 23.7 Å². The van der Waals surface area contributed by atoms with E-state index in [9.17, 15) is 0 Å². The van der Waals surface area contributed by atoms with E-state index in [2.05, 4.69) is 11.8 Å². The van der Waals surface area contributed by atoms with Crippen LogP contribution in [0.2, 0.25) is 0 Å². The molecule has 4 heteroatoms. The summed E-state index contributed by atoms with van der Waals surface area (Å²) in [6.07, 6.45) is 2.67. The first-order chi connectivity index (χ1) is 9.11. The number of ether oxygens (including phenoxy) is 1. The van der Waals surface area contributed by atoms with Crippen molar-refractivity contribution in [2.45, 2.75) is 51.8 Å². The van der Waals surface area contributed by atoms with Gasteiger partial charge in [0.2, 0.25) is 0 Å². The van der Waals surface area contributed by atoms with Crippen LogP contribution in [0.15, 0.2) is 16.5 Å². The molecule has 1 saturated heterocycles. The Balaban J connectivity index is 2.10. The van der Waals surface area contributed by atoms with Crippen LogP contribution in [0.4, 0.5) is 0 Å². The Morgan fingerprint density at radius 1 is 1.47 bits per heavy atom. The van der Waals surface area contributed by atoms with Gasteiger partial charge in [-0.15, -0.1) is 0 Å². The molecule has 1 aromatic heterocycles. The maximum Gasteiger partial charge on any atom is 0.122 e. The van der Waals surface area contributed by atoms with Gasteiger partial charge >= 0.3 is 0 Å². The topological polar surface area (TPSA) is 51.6 Å². The standard InChI is InChI=1S/C15H26N2O2/c1-4-17(10-13-6-5-9-18-13)15(12(3)16)14-8-7-11(2)19-14/h7-8,12-13,15H,4-6,9-10,16H2,1-3H3. The van der Waals surface area contributed by atoms with E-state index in [1.807, 2.05) is 26.0 Å². The molecule has 19 heavy (non-hydrogen) atoms. The molecule has 0 aliphatic carbocycles. The van der Waals surface area contributed by atoms with Crippen molar-refractivity contribution in [1.29, 1.82) is 0 Å². The number of hydrogen-bond acceptors (Lipinski definition) is 4. The van der Waals surface area contributed by atoms with Crippen LogP contribution in [0.1, 0.15) is 44.3 Å². The molecule has 0 amide bonds. The predicted molar refractivity (Wildman–Crippen MR) is 76.1 cm³/mol. The van der Waals surface area contributed by atoms with Crippen LogP contribution in [0.25, 0.3) is 0 Å². The molecule has 1 aliphatic rings. The summed E-state index contributed by atoms with van der Waals surface area (Å²) in [5, 5.41) is 0. The fourth-order valence-electron chi connectivity index (χ4n) is 2.87. The number of nitrogens with two attached hydrogens (primary N) is 1. The molecule has 3 unspecified atom stereocenters. The molecule has 0 aromatic carbocycles. The number of aryl methyl sites for hydroxylation is 1. The van der Waals surface area contributed by atoms with Crippen molar-refractivity contribution in [3.8, 4) is 0 Å². The van der Waals surface area contributed by atoms with Gasteiger partial charge in [-0.25, -0.2) is 0 Å². The van der Waals surface area contributed by atoms with Crippen LogP contribution in [-0.4, -0.2) is 36.7 Å². The lowest BCUT2D eigenvalue weighted by Crippen LogP contribution is -2.42. The maximum atomic E-state index is 6.19. The summed E-state index contributed by atoms with van der Waals surface area (Å²) in [5.41, 5.74) is 6.19. The summed E-state index contributed by atoms with van der Waals surface area (Å²) in [4.78, 5) is 2.37. The lowest BCUT2D eigenvalue weighted by Gasteiger charge is -2.33. The number of hydrogen-bond donors (Lipinski definition) is 1. The van der Waals surface area contributed by atoms with E-state index in [1.165, 1.54) is 6.42 Å². The lowest BCUT2D eigenvalue weighted by atomic mass is 10.0. The minimum atomic E-state index is 0.0342. The van der Waals surface area contributed by atoms with Crippen LogP contribution in [0.5, 0.6) is 0 Å². The molecule has 1 aromatic rings.